The zero-order valence-corrected chi connectivity index (χ0v) is 12.6. The topological polar surface area (TPSA) is 92.3 Å². The van der Waals surface area contributed by atoms with E-state index in [0.29, 0.717) is 6.07 Å². The molecule has 2 amide bonds. The monoisotopic (exact) mass is 376 g/mol. The maximum Gasteiger partial charge on any atom is 0.472 e. The lowest BCUT2D eigenvalue weighted by Gasteiger charge is -2.10. The van der Waals surface area contributed by atoms with Crippen LogP contribution in [0.2, 0.25) is 0 Å². The van der Waals surface area contributed by atoms with Crippen molar-refractivity contribution in [3.8, 4) is 0 Å². The second-order valence-electron chi connectivity index (χ2n) is 4.21. The first kappa shape index (κ1) is 19.2. The van der Waals surface area contributed by atoms with E-state index in [1.54, 1.807) is 0 Å². The SMILES string of the molecule is O=C(NNC(=O)C(F)(F)F)c1ccc(CCS(=O)(=O)Cl)c(F)c1. The highest BCUT2D eigenvalue weighted by Crippen LogP contribution is 2.14. The van der Waals surface area contributed by atoms with E-state index in [2.05, 4.69) is 0 Å². The molecule has 0 heterocycles. The van der Waals surface area contributed by atoms with E-state index in [4.69, 9.17) is 10.7 Å². The Hall–Kier alpha value is -1.88. The van der Waals surface area contributed by atoms with Gasteiger partial charge in [-0.25, -0.2) is 12.8 Å². The molecule has 0 spiro atoms. The summed E-state index contributed by atoms with van der Waals surface area (Å²) >= 11 is 0. The molecule has 1 aromatic rings. The van der Waals surface area contributed by atoms with E-state index in [0.717, 1.165) is 17.6 Å². The van der Waals surface area contributed by atoms with Gasteiger partial charge in [0.2, 0.25) is 9.05 Å². The summed E-state index contributed by atoms with van der Waals surface area (Å²) in [7, 11) is 1.15. The molecule has 0 aliphatic rings. The van der Waals surface area contributed by atoms with Crippen LogP contribution in [0, 0.1) is 5.82 Å². The van der Waals surface area contributed by atoms with Crippen LogP contribution in [-0.4, -0.2) is 32.2 Å². The average molecular weight is 377 g/mol. The molecule has 23 heavy (non-hydrogen) atoms. The highest BCUT2D eigenvalue weighted by molar-refractivity contribution is 8.13. The Morgan fingerprint density at radius 2 is 1.78 bits per heavy atom. The number of rotatable bonds is 4. The average Bonchev–Trinajstić information content (AvgIpc) is 2.40. The third-order valence-electron chi connectivity index (χ3n) is 2.48. The van der Waals surface area contributed by atoms with E-state index >= 15 is 0 Å². The Balaban J connectivity index is 2.73. The predicted octanol–water partition coefficient (Wildman–Crippen LogP) is 1.26. The molecule has 0 aliphatic carbocycles. The Labute approximate surface area is 132 Å². The molecule has 0 atom stereocenters. The minimum Gasteiger partial charge on any atom is -0.267 e. The first-order valence-electron chi connectivity index (χ1n) is 5.78. The first-order chi connectivity index (χ1) is 10.4. The zero-order chi connectivity index (χ0) is 17.8. The molecule has 0 aliphatic heterocycles. The predicted molar refractivity (Wildman–Crippen MR) is 71.4 cm³/mol. The van der Waals surface area contributed by atoms with Crippen molar-refractivity contribution < 1.29 is 35.6 Å². The fourth-order valence-corrected chi connectivity index (χ4v) is 2.07. The molecular formula is C11H9ClF4N2O4S. The van der Waals surface area contributed by atoms with Gasteiger partial charge in [-0.15, -0.1) is 0 Å². The highest BCUT2D eigenvalue weighted by atomic mass is 35.7. The Morgan fingerprint density at radius 1 is 1.17 bits per heavy atom. The number of halogens is 5. The normalized spacial score (nSPS) is 11.9. The summed E-state index contributed by atoms with van der Waals surface area (Å²) in [5.74, 6) is -5.05. The fraction of sp³-hybridized carbons (Fsp3) is 0.273. The van der Waals surface area contributed by atoms with Crippen LogP contribution >= 0.6 is 10.7 Å². The van der Waals surface area contributed by atoms with Crippen molar-refractivity contribution in [3.05, 3.63) is 35.1 Å². The lowest BCUT2D eigenvalue weighted by atomic mass is 10.1. The van der Waals surface area contributed by atoms with Crippen LogP contribution in [0.15, 0.2) is 18.2 Å². The number of nitrogens with one attached hydrogen (secondary N) is 2. The molecular weight excluding hydrogens is 368 g/mol. The molecule has 12 heteroatoms. The molecule has 0 radical (unpaired) electrons. The quantitative estimate of drug-likeness (QED) is 0.470. The molecule has 6 nitrogen and oxygen atoms in total. The van der Waals surface area contributed by atoms with Gasteiger partial charge in [-0.05, 0) is 24.1 Å². The van der Waals surface area contributed by atoms with Crippen LogP contribution < -0.4 is 10.9 Å². The van der Waals surface area contributed by atoms with Gasteiger partial charge in [0.25, 0.3) is 5.91 Å². The molecule has 1 aromatic carbocycles. The Bertz CT molecular complexity index is 721. The van der Waals surface area contributed by atoms with Crippen LogP contribution in [-0.2, 0) is 20.3 Å². The van der Waals surface area contributed by atoms with Gasteiger partial charge in [-0.3, -0.25) is 20.4 Å². The van der Waals surface area contributed by atoms with Crippen LogP contribution in [0.1, 0.15) is 15.9 Å². The first-order valence-corrected chi connectivity index (χ1v) is 8.26. The molecule has 128 valence electrons. The van der Waals surface area contributed by atoms with Crippen molar-refractivity contribution in [1.82, 2.24) is 10.9 Å². The molecule has 0 aromatic heterocycles. The van der Waals surface area contributed by atoms with Gasteiger partial charge in [0.1, 0.15) is 5.82 Å². The summed E-state index contributed by atoms with van der Waals surface area (Å²) < 4.78 is 71.0. The number of amides is 2. The van der Waals surface area contributed by atoms with E-state index in [1.807, 2.05) is 0 Å². The van der Waals surface area contributed by atoms with Crippen molar-refractivity contribution in [2.75, 3.05) is 5.75 Å². The number of carbonyl (C=O) groups is 2. The summed E-state index contributed by atoms with van der Waals surface area (Å²) in [4.78, 5) is 22.0. The number of alkyl halides is 3. The molecule has 0 unspecified atom stereocenters. The summed E-state index contributed by atoms with van der Waals surface area (Å²) in [5.41, 5.74) is 2.16. The molecule has 1 rings (SSSR count). The standard InChI is InChI=1S/C11H9ClF4N2O4S/c12-23(21,22)4-3-6-1-2-7(5-8(6)13)9(19)17-18-10(20)11(14,15)16/h1-2,5H,3-4H2,(H,17,19)(H,18,20). The second kappa shape index (κ2) is 7.13. The fourth-order valence-electron chi connectivity index (χ4n) is 1.38. The Kier molecular flexibility index (Phi) is 5.94. The van der Waals surface area contributed by atoms with Crippen molar-refractivity contribution in [1.29, 1.82) is 0 Å². The minimum absolute atomic E-state index is 0.0508. The van der Waals surface area contributed by atoms with Crippen LogP contribution in [0.5, 0.6) is 0 Å². The molecule has 0 saturated carbocycles. The number of hydrazine groups is 1. The van der Waals surface area contributed by atoms with E-state index < -0.39 is 38.6 Å². The lowest BCUT2D eigenvalue weighted by Crippen LogP contribution is -2.47. The summed E-state index contributed by atoms with van der Waals surface area (Å²) in [6.07, 6.45) is -5.43. The number of hydrogen-bond donors (Lipinski definition) is 2. The van der Waals surface area contributed by atoms with Gasteiger partial charge >= 0.3 is 12.1 Å². The van der Waals surface area contributed by atoms with Crippen LogP contribution in [0.3, 0.4) is 0 Å². The number of benzene rings is 1. The van der Waals surface area contributed by atoms with Crippen LogP contribution in [0.25, 0.3) is 0 Å². The third kappa shape index (κ3) is 6.40. The summed E-state index contributed by atoms with van der Waals surface area (Å²) in [6.45, 7) is 0. The van der Waals surface area contributed by atoms with Crippen molar-refractivity contribution in [3.63, 3.8) is 0 Å². The smallest absolute Gasteiger partial charge is 0.267 e. The van der Waals surface area contributed by atoms with Gasteiger partial charge in [0.05, 0.1) is 5.75 Å². The van der Waals surface area contributed by atoms with E-state index in [1.165, 1.54) is 5.43 Å². The van der Waals surface area contributed by atoms with Gasteiger partial charge in [-0.2, -0.15) is 13.2 Å². The lowest BCUT2D eigenvalue weighted by molar-refractivity contribution is -0.174. The van der Waals surface area contributed by atoms with E-state index in [-0.39, 0.29) is 17.5 Å². The van der Waals surface area contributed by atoms with Crippen LogP contribution in [0.4, 0.5) is 17.6 Å². The zero-order valence-electron chi connectivity index (χ0n) is 11.1. The van der Waals surface area contributed by atoms with Gasteiger partial charge in [-0.1, -0.05) is 6.07 Å². The van der Waals surface area contributed by atoms with Crippen molar-refractivity contribution in [2.24, 2.45) is 0 Å². The molecule has 0 saturated heterocycles. The molecule has 0 fully saturated rings. The Morgan fingerprint density at radius 3 is 2.26 bits per heavy atom. The number of hydrogen-bond acceptors (Lipinski definition) is 4. The maximum atomic E-state index is 13.7. The largest absolute Gasteiger partial charge is 0.472 e. The summed E-state index contributed by atoms with van der Waals surface area (Å²) in [5, 5.41) is 0. The third-order valence-corrected chi connectivity index (χ3v) is 3.63. The molecule has 0 bridgehead atoms. The summed E-state index contributed by atoms with van der Waals surface area (Å²) in [6, 6.07) is 2.82. The number of aryl methyl sites for hydroxylation is 1. The van der Waals surface area contributed by atoms with Crippen molar-refractivity contribution in [2.45, 2.75) is 12.6 Å². The van der Waals surface area contributed by atoms with E-state index in [9.17, 15) is 35.6 Å². The number of carbonyl (C=O) groups excluding carboxylic acids is 2. The molecule has 2 N–H and O–H groups in total. The second-order valence-corrected chi connectivity index (χ2v) is 7.10. The highest BCUT2D eigenvalue weighted by Gasteiger charge is 2.39. The maximum absolute atomic E-state index is 13.7. The minimum atomic E-state index is -5.19. The van der Waals surface area contributed by atoms with Gasteiger partial charge < -0.3 is 0 Å². The van der Waals surface area contributed by atoms with Gasteiger partial charge in [0.15, 0.2) is 0 Å². The van der Waals surface area contributed by atoms with Gasteiger partial charge in [0, 0.05) is 16.2 Å². The van der Waals surface area contributed by atoms with Crippen molar-refractivity contribution >= 4 is 31.5 Å².